The summed E-state index contributed by atoms with van der Waals surface area (Å²) in [5, 5.41) is 8.48. The van der Waals surface area contributed by atoms with Gasteiger partial charge in [0.2, 0.25) is 0 Å². The number of ether oxygens (including phenoxy) is 1. The minimum absolute atomic E-state index is 0.0542. The van der Waals surface area contributed by atoms with E-state index in [1.807, 2.05) is 6.07 Å². The third kappa shape index (κ3) is 4.38. The van der Waals surface area contributed by atoms with Gasteiger partial charge in [0.15, 0.2) is 0 Å². The fraction of sp³-hybridized carbons (Fsp3) is 0.286. The van der Waals surface area contributed by atoms with Crippen LogP contribution >= 0.6 is 0 Å². The van der Waals surface area contributed by atoms with Crippen LogP contribution in [0.5, 0.6) is 0 Å². The fourth-order valence-electron chi connectivity index (χ4n) is 1.41. The zero-order valence-electron chi connectivity index (χ0n) is 10.1. The number of hydrogen-bond acceptors (Lipinski definition) is 3. The molecule has 0 aliphatic heterocycles. The molecule has 0 amide bonds. The van der Waals surface area contributed by atoms with Gasteiger partial charge in [-0.25, -0.2) is 4.39 Å². The van der Waals surface area contributed by atoms with Crippen molar-refractivity contribution in [1.82, 2.24) is 0 Å². The van der Waals surface area contributed by atoms with E-state index in [-0.39, 0.29) is 18.8 Å². The molecule has 18 heavy (non-hydrogen) atoms. The number of esters is 1. The average Bonchev–Trinajstić information content (AvgIpc) is 2.33. The van der Waals surface area contributed by atoms with Crippen LogP contribution in [0.4, 0.5) is 4.39 Å². The van der Waals surface area contributed by atoms with Crippen molar-refractivity contribution in [3.8, 4) is 6.07 Å². The lowest BCUT2D eigenvalue weighted by molar-refractivity contribution is -0.142. The summed E-state index contributed by atoms with van der Waals surface area (Å²) >= 11 is 0. The summed E-state index contributed by atoms with van der Waals surface area (Å²) in [5.41, 5.74) is 1.03. The summed E-state index contributed by atoms with van der Waals surface area (Å²) < 4.78 is 18.2. The van der Waals surface area contributed by atoms with Crippen LogP contribution in [0, 0.1) is 17.1 Å². The van der Waals surface area contributed by atoms with E-state index < -0.39 is 5.82 Å². The maximum Gasteiger partial charge on any atom is 0.309 e. The highest BCUT2D eigenvalue weighted by molar-refractivity contribution is 5.72. The summed E-state index contributed by atoms with van der Waals surface area (Å²) in [6.45, 7) is 2.09. The van der Waals surface area contributed by atoms with Gasteiger partial charge in [-0.05, 0) is 18.6 Å². The lowest BCUT2D eigenvalue weighted by atomic mass is 10.1. The Labute approximate surface area is 105 Å². The monoisotopic (exact) mass is 247 g/mol. The Morgan fingerprint density at radius 1 is 1.56 bits per heavy atom. The fourth-order valence-corrected chi connectivity index (χ4v) is 1.41. The number of nitrogens with zero attached hydrogens (tertiary/aromatic N) is 1. The third-order valence-corrected chi connectivity index (χ3v) is 2.25. The van der Waals surface area contributed by atoms with E-state index in [9.17, 15) is 9.18 Å². The largest absolute Gasteiger partial charge is 0.466 e. The number of nitriles is 1. The molecular weight excluding hydrogens is 233 g/mol. The summed E-state index contributed by atoms with van der Waals surface area (Å²) in [4.78, 5) is 11.1. The number of benzene rings is 1. The Morgan fingerprint density at radius 3 is 2.94 bits per heavy atom. The molecule has 4 heteroatoms. The molecule has 0 heterocycles. The van der Waals surface area contributed by atoms with E-state index in [1.54, 1.807) is 31.2 Å². The van der Waals surface area contributed by atoms with Gasteiger partial charge >= 0.3 is 5.97 Å². The lowest BCUT2D eigenvalue weighted by Gasteiger charge is -2.00. The Balaban J connectivity index is 2.63. The second kappa shape index (κ2) is 7.23. The molecule has 0 spiro atoms. The highest BCUT2D eigenvalue weighted by atomic mass is 19.1. The molecule has 0 saturated heterocycles. The number of halogens is 1. The molecule has 0 aromatic heterocycles. The lowest BCUT2D eigenvalue weighted by Crippen LogP contribution is -2.01. The van der Waals surface area contributed by atoms with Crippen molar-refractivity contribution in [2.75, 3.05) is 6.61 Å². The summed E-state index contributed by atoms with van der Waals surface area (Å²) in [7, 11) is 0. The van der Waals surface area contributed by atoms with Crippen LogP contribution < -0.4 is 0 Å². The van der Waals surface area contributed by atoms with Crippen LogP contribution in [0.1, 0.15) is 24.5 Å². The number of carbonyl (C=O) groups excluding carboxylic acids is 1. The van der Waals surface area contributed by atoms with Crippen molar-refractivity contribution < 1.29 is 13.9 Å². The smallest absolute Gasteiger partial charge is 0.309 e. The molecule has 0 bridgehead atoms. The molecule has 0 atom stereocenters. The average molecular weight is 247 g/mol. The molecule has 94 valence electrons. The molecule has 0 radical (unpaired) electrons. The van der Waals surface area contributed by atoms with Crippen molar-refractivity contribution in [2.45, 2.75) is 19.8 Å². The van der Waals surface area contributed by atoms with Crippen molar-refractivity contribution in [3.63, 3.8) is 0 Å². The molecule has 1 rings (SSSR count). The van der Waals surface area contributed by atoms with Gasteiger partial charge in [-0.2, -0.15) is 5.26 Å². The highest BCUT2D eigenvalue weighted by Gasteiger charge is 2.02. The molecule has 1 aromatic carbocycles. The van der Waals surface area contributed by atoms with E-state index in [0.717, 1.165) is 0 Å². The molecule has 0 fully saturated rings. The van der Waals surface area contributed by atoms with Crippen LogP contribution in [-0.2, 0) is 16.0 Å². The van der Waals surface area contributed by atoms with Gasteiger partial charge in [0.05, 0.1) is 25.5 Å². The molecule has 0 saturated carbocycles. The van der Waals surface area contributed by atoms with Gasteiger partial charge in [0.25, 0.3) is 0 Å². The standard InChI is InChI=1S/C14H14FNO2/c1-2-18-14(17)5-3-4-11-6-7-12(8-9-16)13(15)10-11/h3-4,6-7,10H,2,5,8H2,1H3. The van der Waals surface area contributed by atoms with Crippen molar-refractivity contribution >= 4 is 12.0 Å². The first kappa shape index (κ1) is 13.9. The van der Waals surface area contributed by atoms with Gasteiger partial charge in [-0.15, -0.1) is 0 Å². The number of carbonyl (C=O) groups is 1. The zero-order valence-corrected chi connectivity index (χ0v) is 10.1. The van der Waals surface area contributed by atoms with Gasteiger partial charge in [-0.3, -0.25) is 4.79 Å². The molecule has 3 nitrogen and oxygen atoms in total. The number of hydrogen-bond donors (Lipinski definition) is 0. The van der Waals surface area contributed by atoms with Crippen molar-refractivity contribution in [1.29, 1.82) is 5.26 Å². The summed E-state index contributed by atoms with van der Waals surface area (Å²) in [6.07, 6.45) is 3.49. The topological polar surface area (TPSA) is 50.1 Å². The first-order chi connectivity index (χ1) is 8.67. The van der Waals surface area contributed by atoms with Crippen LogP contribution in [0.15, 0.2) is 24.3 Å². The second-order valence-electron chi connectivity index (χ2n) is 3.60. The van der Waals surface area contributed by atoms with Crippen molar-refractivity contribution in [3.05, 3.63) is 41.2 Å². The van der Waals surface area contributed by atoms with E-state index in [0.29, 0.717) is 17.7 Å². The van der Waals surface area contributed by atoms with Crippen molar-refractivity contribution in [2.24, 2.45) is 0 Å². The van der Waals surface area contributed by atoms with E-state index in [4.69, 9.17) is 10.00 Å². The molecular formula is C14H14FNO2. The first-order valence-electron chi connectivity index (χ1n) is 5.65. The molecule has 0 aliphatic carbocycles. The van der Waals surface area contributed by atoms with Gasteiger partial charge < -0.3 is 4.74 Å². The van der Waals surface area contributed by atoms with Crippen LogP contribution in [0.2, 0.25) is 0 Å². The minimum atomic E-state index is -0.408. The predicted molar refractivity (Wildman–Crippen MR) is 66.0 cm³/mol. The Morgan fingerprint density at radius 2 is 2.33 bits per heavy atom. The quantitative estimate of drug-likeness (QED) is 0.752. The van der Waals surface area contributed by atoms with Gasteiger partial charge in [-0.1, -0.05) is 24.3 Å². The molecule has 1 aromatic rings. The van der Waals surface area contributed by atoms with E-state index in [1.165, 1.54) is 6.07 Å². The summed E-state index contributed by atoms with van der Waals surface area (Å²) in [6, 6.07) is 6.52. The Hall–Kier alpha value is -2.15. The van der Waals surface area contributed by atoms with Gasteiger partial charge in [0.1, 0.15) is 5.82 Å². The number of rotatable bonds is 5. The first-order valence-corrected chi connectivity index (χ1v) is 5.65. The Bertz CT molecular complexity index is 489. The molecule has 0 unspecified atom stereocenters. The minimum Gasteiger partial charge on any atom is -0.466 e. The van der Waals surface area contributed by atoms with E-state index in [2.05, 4.69) is 0 Å². The van der Waals surface area contributed by atoms with E-state index >= 15 is 0 Å². The third-order valence-electron chi connectivity index (χ3n) is 2.25. The van der Waals surface area contributed by atoms with Crippen LogP contribution in [0.25, 0.3) is 6.08 Å². The maximum absolute atomic E-state index is 13.5. The Kier molecular flexibility index (Phi) is 5.59. The van der Waals surface area contributed by atoms with Crippen LogP contribution in [-0.4, -0.2) is 12.6 Å². The SMILES string of the molecule is CCOC(=O)CC=Cc1ccc(CC#N)c(F)c1. The normalized spacial score (nSPS) is 10.3. The van der Waals surface area contributed by atoms with Crippen LogP contribution in [0.3, 0.4) is 0 Å². The molecule has 0 N–H and O–H groups in total. The zero-order chi connectivity index (χ0) is 13.4. The maximum atomic E-state index is 13.5. The highest BCUT2D eigenvalue weighted by Crippen LogP contribution is 2.12. The molecule has 0 aliphatic rings. The second-order valence-corrected chi connectivity index (χ2v) is 3.60. The van der Waals surface area contributed by atoms with Gasteiger partial charge in [0, 0.05) is 5.56 Å². The summed E-state index contributed by atoms with van der Waals surface area (Å²) in [5.74, 6) is -0.717. The predicted octanol–water partition coefficient (Wildman–Crippen LogP) is 2.86.